The second-order valence-corrected chi connectivity index (χ2v) is 8.81. The maximum atomic E-state index is 13.0. The maximum Gasteiger partial charge on any atom is 0.243 e. The van der Waals surface area contributed by atoms with Crippen LogP contribution < -0.4 is 9.46 Å². The van der Waals surface area contributed by atoms with Crippen LogP contribution in [0.1, 0.15) is 17.4 Å². The summed E-state index contributed by atoms with van der Waals surface area (Å²) in [5.74, 6) is 1.16. The molecule has 6 nitrogen and oxygen atoms in total. The third kappa shape index (κ3) is 4.35. The standard InChI is InChI=1S/C18H17BrClN3O3S/c1-23-9-8-21-18(23)17(12-4-3-5-14(10-12)26-2)22-27(24,25)16-7-6-13(19)11-15(16)20/h3-11,17,22H,1-2H3. The number of hydrogen-bond donors (Lipinski definition) is 1. The average molecular weight is 471 g/mol. The molecule has 1 aromatic heterocycles. The second-order valence-electron chi connectivity index (χ2n) is 5.80. The van der Waals surface area contributed by atoms with Gasteiger partial charge >= 0.3 is 0 Å². The minimum Gasteiger partial charge on any atom is -0.497 e. The molecule has 1 N–H and O–H groups in total. The van der Waals surface area contributed by atoms with Gasteiger partial charge in [0.1, 0.15) is 22.5 Å². The van der Waals surface area contributed by atoms with E-state index < -0.39 is 16.1 Å². The summed E-state index contributed by atoms with van der Waals surface area (Å²) in [7, 11) is -0.556. The van der Waals surface area contributed by atoms with Crippen LogP contribution in [-0.2, 0) is 17.1 Å². The number of nitrogens with zero attached hydrogens (tertiary/aromatic N) is 2. The Hall–Kier alpha value is -1.87. The molecule has 0 saturated carbocycles. The molecule has 9 heteroatoms. The predicted octanol–water partition coefficient (Wildman–Crippen LogP) is 3.91. The summed E-state index contributed by atoms with van der Waals surface area (Å²) in [5, 5.41) is 0.126. The van der Waals surface area contributed by atoms with Crippen LogP contribution in [-0.4, -0.2) is 25.1 Å². The van der Waals surface area contributed by atoms with E-state index >= 15 is 0 Å². The van der Waals surface area contributed by atoms with E-state index in [1.54, 1.807) is 55.4 Å². The number of imidazole rings is 1. The van der Waals surface area contributed by atoms with Crippen molar-refractivity contribution in [2.24, 2.45) is 7.05 Å². The first kappa shape index (κ1) is 19.9. The molecule has 2 aromatic carbocycles. The lowest BCUT2D eigenvalue weighted by molar-refractivity contribution is 0.413. The molecule has 1 heterocycles. The van der Waals surface area contributed by atoms with Crippen molar-refractivity contribution in [1.29, 1.82) is 0 Å². The highest BCUT2D eigenvalue weighted by atomic mass is 79.9. The number of benzene rings is 2. The predicted molar refractivity (Wildman–Crippen MR) is 108 cm³/mol. The fraction of sp³-hybridized carbons (Fsp3) is 0.167. The van der Waals surface area contributed by atoms with Crippen LogP contribution in [0.3, 0.4) is 0 Å². The molecule has 0 spiro atoms. The van der Waals surface area contributed by atoms with Crippen molar-refractivity contribution in [2.75, 3.05) is 7.11 Å². The first-order valence-corrected chi connectivity index (χ1v) is 10.6. The number of aromatic nitrogens is 2. The Bertz CT molecular complexity index is 1070. The fourth-order valence-electron chi connectivity index (χ4n) is 2.66. The Morgan fingerprint density at radius 2 is 2.04 bits per heavy atom. The molecule has 0 aliphatic rings. The smallest absolute Gasteiger partial charge is 0.243 e. The van der Waals surface area contributed by atoms with Crippen LogP contribution in [0.4, 0.5) is 0 Å². The third-order valence-electron chi connectivity index (χ3n) is 4.00. The number of methoxy groups -OCH3 is 1. The topological polar surface area (TPSA) is 73.2 Å². The molecule has 0 aliphatic carbocycles. The zero-order chi connectivity index (χ0) is 19.6. The van der Waals surface area contributed by atoms with Gasteiger partial charge in [-0.15, -0.1) is 0 Å². The lowest BCUT2D eigenvalue weighted by Gasteiger charge is -2.20. The lowest BCUT2D eigenvalue weighted by Crippen LogP contribution is -2.31. The Morgan fingerprint density at radius 3 is 2.67 bits per heavy atom. The van der Waals surface area contributed by atoms with Crippen LogP contribution in [0, 0.1) is 0 Å². The molecule has 1 unspecified atom stereocenters. The highest BCUT2D eigenvalue weighted by molar-refractivity contribution is 9.10. The van der Waals surface area contributed by atoms with Crippen molar-refractivity contribution in [3.05, 3.63) is 75.7 Å². The van der Waals surface area contributed by atoms with Crippen molar-refractivity contribution in [2.45, 2.75) is 10.9 Å². The van der Waals surface area contributed by atoms with E-state index in [9.17, 15) is 8.42 Å². The van der Waals surface area contributed by atoms with E-state index in [4.69, 9.17) is 16.3 Å². The zero-order valence-electron chi connectivity index (χ0n) is 14.6. The van der Waals surface area contributed by atoms with Gasteiger partial charge < -0.3 is 9.30 Å². The Morgan fingerprint density at radius 1 is 1.26 bits per heavy atom. The molecule has 3 rings (SSSR count). The molecule has 0 saturated heterocycles. The average Bonchev–Trinajstić information content (AvgIpc) is 3.05. The number of halogens is 2. The van der Waals surface area contributed by atoms with Gasteiger partial charge in [-0.25, -0.2) is 13.4 Å². The van der Waals surface area contributed by atoms with Crippen molar-refractivity contribution in [3.63, 3.8) is 0 Å². The van der Waals surface area contributed by atoms with Crippen LogP contribution in [0.15, 0.2) is 64.2 Å². The molecule has 0 bridgehead atoms. The molecular formula is C18H17BrClN3O3S. The minimum atomic E-state index is -3.91. The number of sulfonamides is 1. The molecule has 27 heavy (non-hydrogen) atoms. The van der Waals surface area contributed by atoms with Gasteiger partial charge in [-0.1, -0.05) is 39.7 Å². The van der Waals surface area contributed by atoms with Gasteiger partial charge in [-0.3, -0.25) is 0 Å². The van der Waals surface area contributed by atoms with E-state index in [2.05, 4.69) is 25.6 Å². The molecule has 0 amide bonds. The summed E-state index contributed by atoms with van der Waals surface area (Å²) in [5.41, 5.74) is 0.695. The summed E-state index contributed by atoms with van der Waals surface area (Å²) in [6, 6.07) is 11.1. The van der Waals surface area contributed by atoms with Crippen molar-refractivity contribution in [3.8, 4) is 5.75 Å². The molecular weight excluding hydrogens is 454 g/mol. The highest BCUT2D eigenvalue weighted by Crippen LogP contribution is 2.29. The summed E-state index contributed by atoms with van der Waals surface area (Å²) >= 11 is 9.44. The summed E-state index contributed by atoms with van der Waals surface area (Å²) in [4.78, 5) is 4.31. The van der Waals surface area contributed by atoms with Gasteiger partial charge in [0.2, 0.25) is 10.0 Å². The zero-order valence-corrected chi connectivity index (χ0v) is 17.7. The van der Waals surface area contributed by atoms with E-state index in [0.29, 0.717) is 21.6 Å². The number of aryl methyl sites for hydroxylation is 1. The summed E-state index contributed by atoms with van der Waals surface area (Å²) < 4.78 is 36.5. The van der Waals surface area contributed by atoms with E-state index in [1.807, 2.05) is 6.07 Å². The van der Waals surface area contributed by atoms with Gasteiger partial charge in [0.15, 0.2) is 0 Å². The van der Waals surface area contributed by atoms with E-state index in [0.717, 1.165) is 0 Å². The minimum absolute atomic E-state index is 0.00512. The number of ether oxygens (including phenoxy) is 1. The Balaban J connectivity index is 2.07. The lowest BCUT2D eigenvalue weighted by atomic mass is 10.1. The largest absolute Gasteiger partial charge is 0.497 e. The molecule has 142 valence electrons. The quantitative estimate of drug-likeness (QED) is 0.593. The SMILES string of the molecule is COc1cccc(C(NS(=O)(=O)c2ccc(Br)cc2Cl)c2nccn2C)c1. The molecule has 0 radical (unpaired) electrons. The van der Waals surface area contributed by atoms with Gasteiger partial charge in [0, 0.05) is 23.9 Å². The van der Waals surface area contributed by atoms with Gasteiger partial charge in [0.05, 0.1) is 12.1 Å². The van der Waals surface area contributed by atoms with E-state index in [-0.39, 0.29) is 9.92 Å². The first-order valence-electron chi connectivity index (χ1n) is 7.90. The Labute approximate surface area is 171 Å². The van der Waals surface area contributed by atoms with Crippen LogP contribution in [0.25, 0.3) is 0 Å². The van der Waals surface area contributed by atoms with Crippen molar-refractivity contribution in [1.82, 2.24) is 14.3 Å². The van der Waals surface area contributed by atoms with Crippen LogP contribution >= 0.6 is 27.5 Å². The first-order chi connectivity index (χ1) is 12.8. The van der Waals surface area contributed by atoms with Gasteiger partial charge in [-0.05, 0) is 35.9 Å². The molecule has 1 atom stereocenters. The van der Waals surface area contributed by atoms with Crippen molar-refractivity contribution < 1.29 is 13.2 Å². The number of nitrogens with one attached hydrogen (secondary N) is 1. The number of hydrogen-bond acceptors (Lipinski definition) is 4. The molecule has 3 aromatic rings. The third-order valence-corrected chi connectivity index (χ3v) is 6.40. The summed E-state index contributed by atoms with van der Waals surface area (Å²) in [6.45, 7) is 0. The van der Waals surface area contributed by atoms with Crippen molar-refractivity contribution >= 4 is 37.6 Å². The second kappa shape index (κ2) is 8.02. The molecule has 0 aliphatic heterocycles. The van der Waals surface area contributed by atoms with Gasteiger partial charge in [-0.2, -0.15) is 4.72 Å². The molecule has 0 fully saturated rings. The fourth-order valence-corrected chi connectivity index (χ4v) is 4.88. The normalized spacial score (nSPS) is 12.7. The Kier molecular flexibility index (Phi) is 5.90. The monoisotopic (exact) mass is 469 g/mol. The van der Waals surface area contributed by atoms with E-state index in [1.165, 1.54) is 12.1 Å². The maximum absolute atomic E-state index is 13.0. The number of rotatable bonds is 6. The highest BCUT2D eigenvalue weighted by Gasteiger charge is 2.27. The van der Waals surface area contributed by atoms with Crippen LogP contribution in [0.2, 0.25) is 5.02 Å². The summed E-state index contributed by atoms with van der Waals surface area (Å²) in [6.07, 6.45) is 3.37. The van der Waals surface area contributed by atoms with Crippen LogP contribution in [0.5, 0.6) is 5.75 Å². The van der Waals surface area contributed by atoms with Gasteiger partial charge in [0.25, 0.3) is 0 Å².